The van der Waals surface area contributed by atoms with Crippen LogP contribution in [0.3, 0.4) is 0 Å². The van der Waals surface area contributed by atoms with Crippen molar-refractivity contribution in [2.75, 3.05) is 32.8 Å². The van der Waals surface area contributed by atoms with E-state index in [1.807, 2.05) is 4.90 Å². The molecule has 2 heterocycles. The van der Waals surface area contributed by atoms with Crippen LogP contribution in [0.15, 0.2) is 24.3 Å². The molecule has 2 fully saturated rings. The average molecular weight is 348 g/mol. The molecule has 0 radical (unpaired) electrons. The molecule has 2 aliphatic heterocycles. The Morgan fingerprint density at radius 2 is 2.00 bits per heavy atom. The largest absolute Gasteiger partial charge is 0.376 e. The summed E-state index contributed by atoms with van der Waals surface area (Å²) in [6, 6.07) is 5.69. The van der Waals surface area contributed by atoms with Gasteiger partial charge in [-0.1, -0.05) is 0 Å². The summed E-state index contributed by atoms with van der Waals surface area (Å²) in [5, 5.41) is 2.92. The number of likely N-dealkylation sites (tertiary alicyclic amines) is 1. The number of halogens is 1. The smallest absolute Gasteiger partial charge is 0.234 e. The maximum absolute atomic E-state index is 13.0. The van der Waals surface area contributed by atoms with Gasteiger partial charge in [0, 0.05) is 31.2 Å². The van der Waals surface area contributed by atoms with Crippen molar-refractivity contribution in [1.82, 2.24) is 10.2 Å². The van der Waals surface area contributed by atoms with E-state index >= 15 is 0 Å². The number of piperidine rings is 1. The molecule has 0 aromatic heterocycles. The number of ether oxygens (including phenoxy) is 1. The third kappa shape index (κ3) is 5.09. The molecular weight excluding hydrogens is 323 g/mol. The van der Waals surface area contributed by atoms with Crippen LogP contribution in [0.5, 0.6) is 0 Å². The zero-order valence-corrected chi connectivity index (χ0v) is 14.4. The van der Waals surface area contributed by atoms with Gasteiger partial charge in [-0.2, -0.15) is 0 Å². The summed E-state index contributed by atoms with van der Waals surface area (Å²) in [5.41, 5.74) is 0.538. The number of carbonyl (C=O) groups is 2. The van der Waals surface area contributed by atoms with E-state index in [9.17, 15) is 14.0 Å². The quantitative estimate of drug-likeness (QED) is 0.799. The molecular formula is C19H25FN2O3. The predicted octanol–water partition coefficient (Wildman–Crippen LogP) is 2.02. The molecule has 2 atom stereocenters. The molecule has 2 saturated heterocycles. The molecule has 2 aliphatic rings. The molecule has 3 rings (SSSR count). The lowest BCUT2D eigenvalue weighted by Crippen LogP contribution is -2.45. The van der Waals surface area contributed by atoms with E-state index < -0.39 is 0 Å². The number of hydrogen-bond donors (Lipinski definition) is 1. The van der Waals surface area contributed by atoms with Gasteiger partial charge in [0.05, 0.1) is 12.6 Å². The van der Waals surface area contributed by atoms with Crippen molar-refractivity contribution < 1.29 is 18.7 Å². The lowest BCUT2D eigenvalue weighted by molar-refractivity contribution is -0.123. The number of amides is 1. The minimum Gasteiger partial charge on any atom is -0.376 e. The van der Waals surface area contributed by atoms with E-state index in [-0.39, 0.29) is 29.5 Å². The number of rotatable bonds is 6. The predicted molar refractivity (Wildman–Crippen MR) is 91.9 cm³/mol. The van der Waals surface area contributed by atoms with Crippen LogP contribution in [-0.2, 0) is 9.53 Å². The third-order valence-electron chi connectivity index (χ3n) is 4.92. The lowest BCUT2D eigenvalue weighted by Gasteiger charge is -2.31. The van der Waals surface area contributed by atoms with Crippen molar-refractivity contribution in [1.29, 1.82) is 0 Å². The zero-order chi connectivity index (χ0) is 17.6. The SMILES string of the molecule is O=C(CN1CCC[C@@H](C(=O)c2ccc(F)cc2)C1)NC[C@H]1CCCO1. The number of Topliss-reactive ketones (excluding diaryl/α,β-unsaturated/α-hetero) is 1. The summed E-state index contributed by atoms with van der Waals surface area (Å²) < 4.78 is 18.5. The van der Waals surface area contributed by atoms with Gasteiger partial charge in [0.15, 0.2) is 5.78 Å². The molecule has 1 aromatic rings. The fourth-order valence-electron chi connectivity index (χ4n) is 3.55. The molecule has 1 N–H and O–H groups in total. The van der Waals surface area contributed by atoms with Gasteiger partial charge >= 0.3 is 0 Å². The minimum absolute atomic E-state index is 0.0228. The minimum atomic E-state index is -0.343. The highest BCUT2D eigenvalue weighted by molar-refractivity contribution is 5.98. The fraction of sp³-hybridized carbons (Fsp3) is 0.579. The van der Waals surface area contributed by atoms with Gasteiger partial charge in [0.25, 0.3) is 0 Å². The van der Waals surface area contributed by atoms with Crippen molar-refractivity contribution in [3.63, 3.8) is 0 Å². The van der Waals surface area contributed by atoms with Crippen molar-refractivity contribution in [3.8, 4) is 0 Å². The normalized spacial score (nSPS) is 24.2. The van der Waals surface area contributed by atoms with Crippen LogP contribution in [0.4, 0.5) is 4.39 Å². The number of nitrogens with one attached hydrogen (secondary N) is 1. The molecule has 0 saturated carbocycles. The van der Waals surface area contributed by atoms with Crippen LogP contribution in [0, 0.1) is 11.7 Å². The monoisotopic (exact) mass is 348 g/mol. The summed E-state index contributed by atoms with van der Waals surface area (Å²) in [5.74, 6) is -0.468. The summed E-state index contributed by atoms with van der Waals surface area (Å²) in [4.78, 5) is 26.7. The molecule has 6 heteroatoms. The second-order valence-electron chi connectivity index (χ2n) is 6.88. The summed E-state index contributed by atoms with van der Waals surface area (Å²) in [6.07, 6.45) is 3.89. The maximum atomic E-state index is 13.0. The van der Waals surface area contributed by atoms with E-state index in [0.29, 0.717) is 25.2 Å². The highest BCUT2D eigenvalue weighted by Crippen LogP contribution is 2.21. The molecule has 1 amide bonds. The van der Waals surface area contributed by atoms with Crippen molar-refractivity contribution in [2.24, 2.45) is 5.92 Å². The van der Waals surface area contributed by atoms with Gasteiger partial charge < -0.3 is 10.1 Å². The Morgan fingerprint density at radius 3 is 2.72 bits per heavy atom. The third-order valence-corrected chi connectivity index (χ3v) is 4.92. The van der Waals surface area contributed by atoms with Gasteiger partial charge in [-0.15, -0.1) is 0 Å². The highest BCUT2D eigenvalue weighted by Gasteiger charge is 2.27. The molecule has 25 heavy (non-hydrogen) atoms. The van der Waals surface area contributed by atoms with E-state index in [4.69, 9.17) is 4.74 Å². The molecule has 5 nitrogen and oxygen atoms in total. The van der Waals surface area contributed by atoms with Gasteiger partial charge in [-0.25, -0.2) is 4.39 Å². The summed E-state index contributed by atoms with van der Waals surface area (Å²) in [6.45, 7) is 3.04. The van der Waals surface area contributed by atoms with Crippen LogP contribution in [0.2, 0.25) is 0 Å². The first-order valence-corrected chi connectivity index (χ1v) is 9.02. The zero-order valence-electron chi connectivity index (χ0n) is 14.4. The van der Waals surface area contributed by atoms with E-state index in [2.05, 4.69) is 5.32 Å². The Bertz CT molecular complexity index is 599. The first-order chi connectivity index (χ1) is 12.1. The van der Waals surface area contributed by atoms with Gasteiger partial charge in [0.2, 0.25) is 5.91 Å². The Labute approximate surface area is 147 Å². The standard InChI is InChI=1S/C19H25FN2O3/c20-16-7-5-14(6-8-16)19(24)15-3-1-9-22(12-15)13-18(23)21-11-17-4-2-10-25-17/h5-8,15,17H,1-4,9-13H2,(H,21,23)/t15-,17-/m1/s1. The number of hydrogen-bond acceptors (Lipinski definition) is 4. The Balaban J connectivity index is 1.47. The number of benzene rings is 1. The van der Waals surface area contributed by atoms with Crippen LogP contribution < -0.4 is 5.32 Å². The highest BCUT2D eigenvalue weighted by atomic mass is 19.1. The second-order valence-corrected chi connectivity index (χ2v) is 6.88. The summed E-state index contributed by atoms with van der Waals surface area (Å²) >= 11 is 0. The van der Waals surface area contributed by atoms with Crippen LogP contribution in [0.1, 0.15) is 36.0 Å². The number of nitrogens with zero attached hydrogens (tertiary/aromatic N) is 1. The van der Waals surface area contributed by atoms with Crippen LogP contribution >= 0.6 is 0 Å². The summed E-state index contributed by atoms with van der Waals surface area (Å²) in [7, 11) is 0. The first kappa shape index (κ1) is 18.0. The first-order valence-electron chi connectivity index (χ1n) is 9.02. The van der Waals surface area contributed by atoms with E-state index in [1.165, 1.54) is 24.3 Å². The molecule has 1 aromatic carbocycles. The topological polar surface area (TPSA) is 58.6 Å². The van der Waals surface area contributed by atoms with Gasteiger partial charge in [-0.05, 0) is 56.5 Å². The molecule has 0 spiro atoms. The van der Waals surface area contributed by atoms with E-state index in [1.54, 1.807) is 0 Å². The molecule has 0 unspecified atom stereocenters. The number of ketones is 1. The van der Waals surface area contributed by atoms with Crippen LogP contribution in [0.25, 0.3) is 0 Å². The number of carbonyl (C=O) groups excluding carboxylic acids is 2. The van der Waals surface area contributed by atoms with Gasteiger partial charge in [-0.3, -0.25) is 14.5 Å². The second kappa shape index (κ2) is 8.54. The molecule has 0 aliphatic carbocycles. The van der Waals surface area contributed by atoms with Crippen molar-refractivity contribution >= 4 is 11.7 Å². The Morgan fingerprint density at radius 1 is 1.20 bits per heavy atom. The molecule has 0 bridgehead atoms. The average Bonchev–Trinajstić information content (AvgIpc) is 3.14. The van der Waals surface area contributed by atoms with Crippen molar-refractivity contribution in [2.45, 2.75) is 31.8 Å². The lowest BCUT2D eigenvalue weighted by atomic mass is 9.90. The maximum Gasteiger partial charge on any atom is 0.234 e. The van der Waals surface area contributed by atoms with Gasteiger partial charge in [0.1, 0.15) is 5.82 Å². The van der Waals surface area contributed by atoms with Crippen LogP contribution in [-0.4, -0.2) is 55.5 Å². The van der Waals surface area contributed by atoms with Crippen molar-refractivity contribution in [3.05, 3.63) is 35.6 Å². The van der Waals surface area contributed by atoms with E-state index in [0.717, 1.165) is 38.8 Å². The molecule has 136 valence electrons. The Kier molecular flexibility index (Phi) is 6.15. The fourth-order valence-corrected chi connectivity index (χ4v) is 3.55. The Hall–Kier alpha value is -1.79.